The monoisotopic (exact) mass is 259 g/mol. The van der Waals surface area contributed by atoms with E-state index < -0.39 is 0 Å². The van der Waals surface area contributed by atoms with Crippen LogP contribution in [0.2, 0.25) is 0 Å². The van der Waals surface area contributed by atoms with Crippen LogP contribution in [-0.2, 0) is 0 Å². The van der Waals surface area contributed by atoms with Gasteiger partial charge in [-0.15, -0.1) is 0 Å². The van der Waals surface area contributed by atoms with Crippen molar-refractivity contribution in [3.05, 3.63) is 34.9 Å². The molecule has 0 aliphatic heterocycles. The summed E-state index contributed by atoms with van der Waals surface area (Å²) >= 11 is 0. The van der Waals surface area contributed by atoms with Gasteiger partial charge in [-0.1, -0.05) is 56.0 Å². The van der Waals surface area contributed by atoms with Crippen LogP contribution in [-0.4, -0.2) is 6.54 Å². The average Bonchev–Trinajstić information content (AvgIpc) is 2.75. The van der Waals surface area contributed by atoms with Gasteiger partial charge in [-0.2, -0.15) is 0 Å². The zero-order valence-corrected chi connectivity index (χ0v) is 13.0. The molecular formula is C18H29N. The molecule has 3 atom stereocenters. The predicted octanol–water partition coefficient (Wildman–Crippen LogP) is 4.78. The van der Waals surface area contributed by atoms with Crippen molar-refractivity contribution in [2.75, 3.05) is 6.54 Å². The van der Waals surface area contributed by atoms with Crippen molar-refractivity contribution in [1.29, 1.82) is 0 Å². The van der Waals surface area contributed by atoms with Gasteiger partial charge in [0.1, 0.15) is 0 Å². The maximum atomic E-state index is 3.81. The molecule has 2 rings (SSSR count). The lowest BCUT2D eigenvalue weighted by atomic mass is 9.85. The number of aryl methyl sites for hydroxylation is 2. The summed E-state index contributed by atoms with van der Waals surface area (Å²) in [6, 6.07) is 7.59. The van der Waals surface area contributed by atoms with E-state index in [9.17, 15) is 0 Å². The van der Waals surface area contributed by atoms with E-state index in [1.54, 1.807) is 0 Å². The fraction of sp³-hybridized carbons (Fsp3) is 0.667. The highest BCUT2D eigenvalue weighted by Gasteiger charge is 2.31. The average molecular weight is 259 g/mol. The molecule has 0 radical (unpaired) electrons. The highest BCUT2D eigenvalue weighted by Crippen LogP contribution is 2.40. The molecule has 1 aromatic carbocycles. The van der Waals surface area contributed by atoms with Gasteiger partial charge in [0.05, 0.1) is 0 Å². The summed E-state index contributed by atoms with van der Waals surface area (Å²) in [5, 5.41) is 3.81. The molecule has 3 unspecified atom stereocenters. The summed E-state index contributed by atoms with van der Waals surface area (Å²) in [5.74, 6) is 1.67. The van der Waals surface area contributed by atoms with E-state index in [0.29, 0.717) is 6.04 Å². The minimum absolute atomic E-state index is 0.552. The Labute approximate surface area is 118 Å². The van der Waals surface area contributed by atoms with Crippen LogP contribution >= 0.6 is 0 Å². The van der Waals surface area contributed by atoms with Gasteiger partial charge in [-0.05, 0) is 50.6 Å². The number of nitrogens with one attached hydrogen (secondary N) is 1. The lowest BCUT2D eigenvalue weighted by Crippen LogP contribution is -2.30. The van der Waals surface area contributed by atoms with Gasteiger partial charge >= 0.3 is 0 Å². The van der Waals surface area contributed by atoms with Gasteiger partial charge in [0, 0.05) is 6.04 Å². The van der Waals surface area contributed by atoms with Crippen LogP contribution in [0.3, 0.4) is 0 Å². The van der Waals surface area contributed by atoms with E-state index >= 15 is 0 Å². The maximum absolute atomic E-state index is 3.81. The summed E-state index contributed by atoms with van der Waals surface area (Å²) in [6.45, 7) is 10.2. The van der Waals surface area contributed by atoms with Crippen LogP contribution in [0.15, 0.2) is 18.2 Å². The fourth-order valence-corrected chi connectivity index (χ4v) is 3.68. The molecule has 1 nitrogen and oxygen atoms in total. The summed E-state index contributed by atoms with van der Waals surface area (Å²) < 4.78 is 0. The second kappa shape index (κ2) is 6.56. The quantitative estimate of drug-likeness (QED) is 0.802. The molecule has 1 aliphatic carbocycles. The number of hydrogen-bond donors (Lipinski definition) is 1. The molecule has 0 saturated heterocycles. The lowest BCUT2D eigenvalue weighted by Gasteiger charge is -2.29. The smallest absolute Gasteiger partial charge is 0.0351 e. The first kappa shape index (κ1) is 14.6. The summed E-state index contributed by atoms with van der Waals surface area (Å²) in [5.41, 5.74) is 4.29. The normalized spacial score (nSPS) is 24.6. The molecule has 1 heteroatoms. The first-order chi connectivity index (χ1) is 9.11. The molecule has 0 heterocycles. The minimum Gasteiger partial charge on any atom is -0.310 e. The topological polar surface area (TPSA) is 12.0 Å². The van der Waals surface area contributed by atoms with E-state index in [1.807, 2.05) is 0 Å². The third kappa shape index (κ3) is 3.60. The van der Waals surface area contributed by atoms with E-state index in [4.69, 9.17) is 0 Å². The van der Waals surface area contributed by atoms with Crippen LogP contribution in [0.25, 0.3) is 0 Å². The third-order valence-electron chi connectivity index (χ3n) is 4.57. The van der Waals surface area contributed by atoms with Crippen molar-refractivity contribution in [2.45, 2.75) is 59.4 Å². The van der Waals surface area contributed by atoms with Gasteiger partial charge < -0.3 is 5.32 Å². The Balaban J connectivity index is 2.25. The second-order valence-corrected chi connectivity index (χ2v) is 6.42. The highest BCUT2D eigenvalue weighted by molar-refractivity contribution is 5.31. The van der Waals surface area contributed by atoms with Crippen LogP contribution in [0.5, 0.6) is 0 Å². The molecule has 0 aromatic heterocycles. The van der Waals surface area contributed by atoms with E-state index in [0.717, 1.165) is 18.4 Å². The van der Waals surface area contributed by atoms with E-state index in [-0.39, 0.29) is 0 Å². The minimum atomic E-state index is 0.552. The molecule has 1 N–H and O–H groups in total. The van der Waals surface area contributed by atoms with Crippen LogP contribution in [0.4, 0.5) is 0 Å². The Morgan fingerprint density at radius 2 is 1.84 bits per heavy atom. The van der Waals surface area contributed by atoms with E-state index in [1.165, 1.54) is 42.4 Å². The molecule has 106 valence electrons. The third-order valence-corrected chi connectivity index (χ3v) is 4.57. The van der Waals surface area contributed by atoms with Crippen molar-refractivity contribution < 1.29 is 0 Å². The standard InChI is InChI=1S/C18H29N/c1-5-9-19-18(17-8-6-7-15(17)4)16-11-13(2)10-14(3)12-16/h10-12,15,17-19H,5-9H2,1-4H3. The molecule has 0 spiro atoms. The highest BCUT2D eigenvalue weighted by atomic mass is 14.9. The van der Waals surface area contributed by atoms with E-state index in [2.05, 4.69) is 51.2 Å². The summed E-state index contributed by atoms with van der Waals surface area (Å²) in [6.07, 6.45) is 5.40. The van der Waals surface area contributed by atoms with Gasteiger partial charge in [0.15, 0.2) is 0 Å². The Morgan fingerprint density at radius 3 is 2.37 bits per heavy atom. The molecule has 0 bridgehead atoms. The zero-order chi connectivity index (χ0) is 13.8. The fourth-order valence-electron chi connectivity index (χ4n) is 3.68. The van der Waals surface area contributed by atoms with Gasteiger partial charge in [0.25, 0.3) is 0 Å². The lowest BCUT2D eigenvalue weighted by molar-refractivity contribution is 0.302. The van der Waals surface area contributed by atoms with Crippen LogP contribution in [0.1, 0.15) is 62.3 Å². The van der Waals surface area contributed by atoms with Crippen molar-refractivity contribution in [3.8, 4) is 0 Å². The SMILES string of the molecule is CCCNC(c1cc(C)cc(C)c1)C1CCCC1C. The summed E-state index contributed by atoms with van der Waals surface area (Å²) in [7, 11) is 0. The van der Waals surface area contributed by atoms with Gasteiger partial charge in [-0.25, -0.2) is 0 Å². The largest absolute Gasteiger partial charge is 0.310 e. The molecule has 1 fully saturated rings. The predicted molar refractivity (Wildman–Crippen MR) is 83.5 cm³/mol. The van der Waals surface area contributed by atoms with Crippen molar-refractivity contribution >= 4 is 0 Å². The maximum Gasteiger partial charge on any atom is 0.0351 e. The molecular weight excluding hydrogens is 230 g/mol. The zero-order valence-electron chi connectivity index (χ0n) is 13.0. The molecule has 1 aromatic rings. The summed E-state index contributed by atoms with van der Waals surface area (Å²) in [4.78, 5) is 0. The Kier molecular flexibility index (Phi) is 5.04. The molecule has 1 aliphatic rings. The Hall–Kier alpha value is -0.820. The first-order valence-electron chi connectivity index (χ1n) is 7.93. The number of rotatable bonds is 5. The van der Waals surface area contributed by atoms with Crippen molar-refractivity contribution in [2.24, 2.45) is 11.8 Å². The number of hydrogen-bond acceptors (Lipinski definition) is 1. The second-order valence-electron chi connectivity index (χ2n) is 6.42. The van der Waals surface area contributed by atoms with Crippen LogP contribution in [0, 0.1) is 25.7 Å². The first-order valence-corrected chi connectivity index (χ1v) is 7.93. The Bertz CT molecular complexity index is 390. The van der Waals surface area contributed by atoms with Gasteiger partial charge in [0.2, 0.25) is 0 Å². The molecule has 1 saturated carbocycles. The van der Waals surface area contributed by atoms with Gasteiger partial charge in [-0.3, -0.25) is 0 Å². The molecule has 0 amide bonds. The number of benzene rings is 1. The van der Waals surface area contributed by atoms with Crippen molar-refractivity contribution in [3.63, 3.8) is 0 Å². The Morgan fingerprint density at radius 1 is 1.16 bits per heavy atom. The molecule has 19 heavy (non-hydrogen) atoms. The van der Waals surface area contributed by atoms with Crippen molar-refractivity contribution in [1.82, 2.24) is 5.32 Å². The van der Waals surface area contributed by atoms with Crippen LogP contribution < -0.4 is 5.32 Å².